The van der Waals surface area contributed by atoms with Crippen molar-refractivity contribution in [2.75, 3.05) is 18.5 Å². The molecule has 0 fully saturated rings. The Morgan fingerprint density at radius 2 is 1.92 bits per heavy atom. The largest absolute Gasteiger partial charge is 0.462 e. The fourth-order valence-corrected chi connectivity index (χ4v) is 2.50. The van der Waals surface area contributed by atoms with Gasteiger partial charge < -0.3 is 15.4 Å². The maximum absolute atomic E-state index is 12.0. The number of nitrogens with zero attached hydrogens (tertiary/aromatic N) is 2. The number of amides is 2. The molecule has 0 saturated carbocycles. The number of hydrogen-bond donors (Lipinski definition) is 2. The molecule has 1 heterocycles. The molecule has 0 aliphatic rings. The van der Waals surface area contributed by atoms with E-state index in [0.717, 1.165) is 11.4 Å². The number of carbonyl (C=O) groups excluding carboxylic acids is 2. The van der Waals surface area contributed by atoms with Crippen LogP contribution in [-0.4, -0.2) is 34.9 Å². The fraction of sp³-hybridized carbons (Fsp3) is 0.389. The van der Waals surface area contributed by atoms with Gasteiger partial charge in [-0.3, -0.25) is 4.68 Å². The molecule has 2 N–H and O–H groups in total. The quantitative estimate of drug-likeness (QED) is 0.789. The van der Waals surface area contributed by atoms with Crippen LogP contribution < -0.4 is 10.6 Å². The van der Waals surface area contributed by atoms with E-state index in [1.807, 2.05) is 31.5 Å². The van der Waals surface area contributed by atoms with Crippen molar-refractivity contribution in [2.24, 2.45) is 0 Å². The van der Waals surface area contributed by atoms with Crippen molar-refractivity contribution in [1.82, 2.24) is 15.1 Å². The van der Waals surface area contributed by atoms with E-state index in [-0.39, 0.29) is 18.0 Å². The van der Waals surface area contributed by atoms with Gasteiger partial charge in [-0.25, -0.2) is 9.59 Å². The number of aryl methyl sites for hydroxylation is 2. The molecule has 0 aliphatic carbocycles. The summed E-state index contributed by atoms with van der Waals surface area (Å²) in [6.45, 7) is 8.46. The minimum Gasteiger partial charge on any atom is -0.462 e. The highest BCUT2D eigenvalue weighted by atomic mass is 16.5. The second-order valence-corrected chi connectivity index (χ2v) is 5.85. The van der Waals surface area contributed by atoms with Crippen molar-refractivity contribution >= 4 is 17.7 Å². The number of rotatable bonds is 6. The number of nitrogens with one attached hydrogen (secondary N) is 2. The average molecular weight is 344 g/mol. The summed E-state index contributed by atoms with van der Waals surface area (Å²) in [5.41, 5.74) is 3.06. The van der Waals surface area contributed by atoms with Crippen LogP contribution in [0.1, 0.15) is 41.6 Å². The third-order valence-electron chi connectivity index (χ3n) is 3.67. The average Bonchev–Trinajstić information content (AvgIpc) is 2.92. The summed E-state index contributed by atoms with van der Waals surface area (Å²) < 4.78 is 6.81. The smallest absolute Gasteiger partial charge is 0.338 e. The maximum atomic E-state index is 12.0. The Kier molecular flexibility index (Phi) is 6.16. The molecule has 0 bridgehead atoms. The Morgan fingerprint density at radius 1 is 1.24 bits per heavy atom. The van der Waals surface area contributed by atoms with E-state index in [1.54, 1.807) is 31.2 Å². The van der Waals surface area contributed by atoms with E-state index in [9.17, 15) is 9.59 Å². The number of ether oxygens (including phenoxy) is 1. The van der Waals surface area contributed by atoms with E-state index in [4.69, 9.17) is 4.74 Å². The number of benzene rings is 1. The van der Waals surface area contributed by atoms with Crippen LogP contribution in [0, 0.1) is 13.8 Å². The highest BCUT2D eigenvalue weighted by Gasteiger charge is 2.11. The van der Waals surface area contributed by atoms with Gasteiger partial charge in [0, 0.05) is 17.9 Å². The molecule has 7 nitrogen and oxygen atoms in total. The van der Waals surface area contributed by atoms with E-state index in [0.29, 0.717) is 24.4 Å². The van der Waals surface area contributed by atoms with Gasteiger partial charge >= 0.3 is 12.0 Å². The Labute approximate surface area is 147 Å². The van der Waals surface area contributed by atoms with Crippen molar-refractivity contribution in [2.45, 2.75) is 33.7 Å². The SMILES string of the molecule is CCOC(=O)c1ccc(NC(=O)NC[C@H](C)n2nc(C)cc2C)cc1. The zero-order chi connectivity index (χ0) is 18.4. The highest BCUT2D eigenvalue weighted by Crippen LogP contribution is 2.12. The van der Waals surface area contributed by atoms with Gasteiger partial charge in [-0.05, 0) is 58.0 Å². The van der Waals surface area contributed by atoms with Gasteiger partial charge in [0.25, 0.3) is 0 Å². The molecule has 7 heteroatoms. The first-order valence-electron chi connectivity index (χ1n) is 8.25. The number of esters is 1. The van der Waals surface area contributed by atoms with E-state index in [2.05, 4.69) is 15.7 Å². The van der Waals surface area contributed by atoms with Crippen molar-refractivity contribution in [3.63, 3.8) is 0 Å². The molecular weight excluding hydrogens is 320 g/mol. The lowest BCUT2D eigenvalue weighted by atomic mass is 10.2. The second kappa shape index (κ2) is 8.32. The first-order chi connectivity index (χ1) is 11.9. The molecule has 25 heavy (non-hydrogen) atoms. The van der Waals surface area contributed by atoms with Crippen LogP contribution in [0.3, 0.4) is 0 Å². The van der Waals surface area contributed by atoms with E-state index in [1.165, 1.54) is 0 Å². The van der Waals surface area contributed by atoms with Crippen molar-refractivity contribution in [3.05, 3.63) is 47.3 Å². The van der Waals surface area contributed by atoms with Crippen LogP contribution in [0.2, 0.25) is 0 Å². The van der Waals surface area contributed by atoms with Crippen LogP contribution in [0.4, 0.5) is 10.5 Å². The summed E-state index contributed by atoms with van der Waals surface area (Å²) in [6.07, 6.45) is 0. The third-order valence-corrected chi connectivity index (χ3v) is 3.67. The van der Waals surface area contributed by atoms with Gasteiger partial charge in [-0.15, -0.1) is 0 Å². The molecule has 0 spiro atoms. The van der Waals surface area contributed by atoms with Crippen molar-refractivity contribution in [3.8, 4) is 0 Å². The number of hydrogen-bond acceptors (Lipinski definition) is 4. The summed E-state index contributed by atoms with van der Waals surface area (Å²) in [4.78, 5) is 23.6. The molecule has 2 aromatic rings. The lowest BCUT2D eigenvalue weighted by Crippen LogP contribution is -2.33. The Morgan fingerprint density at radius 3 is 2.48 bits per heavy atom. The molecule has 2 rings (SSSR count). The third kappa shape index (κ3) is 5.07. The van der Waals surface area contributed by atoms with E-state index >= 15 is 0 Å². The molecule has 134 valence electrons. The molecule has 1 atom stereocenters. The van der Waals surface area contributed by atoms with E-state index < -0.39 is 0 Å². The summed E-state index contributed by atoms with van der Waals surface area (Å²) in [5, 5.41) is 9.97. The van der Waals surface area contributed by atoms with Gasteiger partial charge in [0.15, 0.2) is 0 Å². The zero-order valence-corrected chi connectivity index (χ0v) is 15.0. The molecule has 0 radical (unpaired) electrons. The standard InChI is InChI=1S/C18H24N4O3/c1-5-25-17(23)15-6-8-16(9-7-15)20-18(24)19-11-14(4)22-13(3)10-12(2)21-22/h6-10,14H,5,11H2,1-4H3,(H2,19,20,24)/t14-/m0/s1. The van der Waals surface area contributed by atoms with Crippen LogP contribution in [0.5, 0.6) is 0 Å². The molecular formula is C18H24N4O3. The Hall–Kier alpha value is -2.83. The topological polar surface area (TPSA) is 85.2 Å². The van der Waals surface area contributed by atoms with Crippen molar-refractivity contribution < 1.29 is 14.3 Å². The summed E-state index contributed by atoms with van der Waals surface area (Å²) >= 11 is 0. The zero-order valence-electron chi connectivity index (χ0n) is 15.0. The van der Waals surface area contributed by atoms with Gasteiger partial charge in [-0.1, -0.05) is 0 Å². The van der Waals surface area contributed by atoms with Gasteiger partial charge in [0.05, 0.1) is 23.9 Å². The Balaban J connectivity index is 1.85. The molecule has 0 saturated heterocycles. The molecule has 0 aliphatic heterocycles. The monoisotopic (exact) mass is 344 g/mol. The Bertz CT molecular complexity index is 737. The highest BCUT2D eigenvalue weighted by molar-refractivity contribution is 5.92. The fourth-order valence-electron chi connectivity index (χ4n) is 2.50. The van der Waals surface area contributed by atoms with Crippen molar-refractivity contribution in [1.29, 1.82) is 0 Å². The number of urea groups is 1. The summed E-state index contributed by atoms with van der Waals surface area (Å²) in [7, 11) is 0. The predicted molar refractivity (Wildman–Crippen MR) is 95.8 cm³/mol. The van der Waals surface area contributed by atoms with Crippen LogP contribution in [0.15, 0.2) is 30.3 Å². The van der Waals surface area contributed by atoms with Gasteiger partial charge in [0.2, 0.25) is 0 Å². The van der Waals surface area contributed by atoms with Crippen LogP contribution in [-0.2, 0) is 4.74 Å². The number of carbonyl (C=O) groups is 2. The number of aromatic nitrogens is 2. The van der Waals surface area contributed by atoms with Crippen LogP contribution in [0.25, 0.3) is 0 Å². The maximum Gasteiger partial charge on any atom is 0.338 e. The first-order valence-corrected chi connectivity index (χ1v) is 8.25. The number of anilines is 1. The summed E-state index contributed by atoms with van der Waals surface area (Å²) in [5.74, 6) is -0.378. The van der Waals surface area contributed by atoms with Crippen LogP contribution >= 0.6 is 0 Å². The molecule has 1 aromatic heterocycles. The lowest BCUT2D eigenvalue weighted by Gasteiger charge is -2.15. The molecule has 0 unspecified atom stereocenters. The van der Waals surface area contributed by atoms with Gasteiger partial charge in [0.1, 0.15) is 0 Å². The predicted octanol–water partition coefficient (Wildman–Crippen LogP) is 3.06. The first kappa shape index (κ1) is 18.5. The minimum absolute atomic E-state index is 0.0469. The second-order valence-electron chi connectivity index (χ2n) is 5.85. The normalized spacial score (nSPS) is 11.7. The molecule has 1 aromatic carbocycles. The minimum atomic E-state index is -0.378. The summed E-state index contributed by atoms with van der Waals surface area (Å²) in [6, 6.07) is 8.30. The lowest BCUT2D eigenvalue weighted by molar-refractivity contribution is 0.0526. The van der Waals surface area contributed by atoms with Gasteiger partial charge in [-0.2, -0.15) is 5.10 Å². The molecule has 2 amide bonds.